The van der Waals surface area contributed by atoms with Crippen molar-refractivity contribution in [2.75, 3.05) is 5.32 Å². The Morgan fingerprint density at radius 3 is 2.43 bits per heavy atom. The number of halogens is 6. The molecular weight excluding hydrogens is 453 g/mol. The minimum atomic E-state index is -4.84. The first-order chi connectivity index (χ1) is 14.0. The summed E-state index contributed by atoms with van der Waals surface area (Å²) in [6.07, 6.45) is -3.73. The third-order valence-corrected chi connectivity index (χ3v) is 4.26. The van der Waals surface area contributed by atoms with Gasteiger partial charge in [-0.1, -0.05) is 23.2 Å². The molecule has 6 nitrogen and oxygen atoms in total. The number of hydrogen-bond donors (Lipinski definition) is 2. The summed E-state index contributed by atoms with van der Waals surface area (Å²) in [6.45, 7) is 0. The van der Waals surface area contributed by atoms with Crippen LogP contribution in [0, 0.1) is 5.82 Å². The monoisotopic (exact) mass is 461 g/mol. The lowest BCUT2D eigenvalue weighted by atomic mass is 10.1. The van der Waals surface area contributed by atoms with Gasteiger partial charge in [-0.25, -0.2) is 9.49 Å². The van der Waals surface area contributed by atoms with E-state index in [0.717, 1.165) is 36.5 Å². The van der Waals surface area contributed by atoms with E-state index in [1.165, 1.54) is 0 Å². The highest BCUT2D eigenvalue weighted by Crippen LogP contribution is 2.41. The van der Waals surface area contributed by atoms with Crippen LogP contribution in [-0.2, 0) is 6.18 Å². The predicted molar refractivity (Wildman–Crippen MR) is 101 cm³/mol. The molecule has 0 aliphatic rings. The third kappa shape index (κ3) is 4.89. The second-order valence-corrected chi connectivity index (χ2v) is 6.61. The number of aromatic nitrogens is 2. The molecule has 0 saturated carbocycles. The third-order valence-electron chi connectivity index (χ3n) is 3.66. The topological polar surface area (TPSA) is 84.1 Å². The Balaban J connectivity index is 2.07. The molecule has 0 saturated heterocycles. The average Bonchev–Trinajstić information content (AvgIpc) is 2.64. The Labute approximate surface area is 175 Å². The molecule has 0 aliphatic carbocycles. The fourth-order valence-electron chi connectivity index (χ4n) is 2.35. The van der Waals surface area contributed by atoms with Gasteiger partial charge in [0.05, 0.1) is 33.1 Å². The van der Waals surface area contributed by atoms with E-state index in [-0.39, 0.29) is 16.5 Å². The van der Waals surface area contributed by atoms with Gasteiger partial charge in [-0.15, -0.1) is 0 Å². The Morgan fingerprint density at radius 1 is 1.07 bits per heavy atom. The van der Waals surface area contributed by atoms with Gasteiger partial charge in [0.2, 0.25) is 0 Å². The maximum Gasteiger partial charge on any atom is 0.417 e. The van der Waals surface area contributed by atoms with Gasteiger partial charge in [-0.3, -0.25) is 9.59 Å². The highest BCUT2D eigenvalue weighted by molar-refractivity contribution is 6.32. The molecule has 2 aromatic carbocycles. The van der Waals surface area contributed by atoms with Gasteiger partial charge >= 0.3 is 6.18 Å². The molecule has 30 heavy (non-hydrogen) atoms. The van der Waals surface area contributed by atoms with Crippen molar-refractivity contribution in [1.29, 1.82) is 0 Å². The Bertz CT molecular complexity index is 1180. The molecular formula is C18H9Cl2F4N3O3. The summed E-state index contributed by atoms with van der Waals surface area (Å²) in [5.41, 5.74) is -2.29. The second kappa shape index (κ2) is 8.33. The first-order valence-corrected chi connectivity index (χ1v) is 8.70. The smallest absolute Gasteiger partial charge is 0.417 e. The number of carbonyl (C=O) groups excluding carboxylic acids is 1. The largest absolute Gasteiger partial charge is 0.455 e. The molecule has 1 heterocycles. The summed E-state index contributed by atoms with van der Waals surface area (Å²) in [7, 11) is 0. The summed E-state index contributed by atoms with van der Waals surface area (Å²) in [5, 5.41) is 6.91. The molecule has 3 aromatic rings. The normalized spacial score (nSPS) is 11.3. The molecule has 2 N–H and O–H groups in total. The SMILES string of the molecule is O=C(Nc1cn[nH]c(=O)c1)c1cc(Cl)c(C(F)(F)F)cc1Oc1ccc(F)cc1Cl. The summed E-state index contributed by atoms with van der Waals surface area (Å²) in [5.74, 6) is -2.37. The molecule has 0 spiro atoms. The zero-order valence-electron chi connectivity index (χ0n) is 14.5. The van der Waals surface area contributed by atoms with Gasteiger partial charge in [-0.2, -0.15) is 18.3 Å². The van der Waals surface area contributed by atoms with Crippen LogP contribution in [-0.4, -0.2) is 16.1 Å². The number of benzene rings is 2. The van der Waals surface area contributed by atoms with Gasteiger partial charge < -0.3 is 10.1 Å². The molecule has 0 fully saturated rings. The quantitative estimate of drug-likeness (QED) is 0.517. The van der Waals surface area contributed by atoms with E-state index in [0.29, 0.717) is 6.07 Å². The van der Waals surface area contributed by atoms with Crippen LogP contribution >= 0.6 is 23.2 Å². The Morgan fingerprint density at radius 2 is 1.80 bits per heavy atom. The van der Waals surface area contributed by atoms with Crippen LogP contribution in [0.1, 0.15) is 15.9 Å². The number of ether oxygens (including phenoxy) is 1. The minimum absolute atomic E-state index is 0.0227. The summed E-state index contributed by atoms with van der Waals surface area (Å²) >= 11 is 11.6. The predicted octanol–water partition coefficient (Wildman–Crippen LogP) is 5.28. The fourth-order valence-corrected chi connectivity index (χ4v) is 2.83. The van der Waals surface area contributed by atoms with Gasteiger partial charge in [0.25, 0.3) is 11.5 Å². The molecule has 0 radical (unpaired) electrons. The summed E-state index contributed by atoms with van der Waals surface area (Å²) in [6, 6.07) is 5.23. The zero-order valence-corrected chi connectivity index (χ0v) is 16.0. The molecule has 1 aromatic heterocycles. The number of alkyl halides is 3. The van der Waals surface area contributed by atoms with Crippen LogP contribution in [0.2, 0.25) is 10.0 Å². The number of carbonyl (C=O) groups is 1. The highest BCUT2D eigenvalue weighted by Gasteiger charge is 2.35. The van der Waals surface area contributed by atoms with Gasteiger partial charge in [0, 0.05) is 6.07 Å². The Hall–Kier alpha value is -3.11. The number of amides is 1. The first kappa shape index (κ1) is 21.6. The van der Waals surface area contributed by atoms with E-state index in [2.05, 4.69) is 15.5 Å². The van der Waals surface area contributed by atoms with Crippen LogP contribution in [0.5, 0.6) is 11.5 Å². The van der Waals surface area contributed by atoms with Crippen molar-refractivity contribution in [3.63, 3.8) is 0 Å². The van der Waals surface area contributed by atoms with E-state index < -0.39 is 45.4 Å². The number of hydrogen-bond acceptors (Lipinski definition) is 4. The molecule has 0 bridgehead atoms. The van der Waals surface area contributed by atoms with Crippen molar-refractivity contribution in [1.82, 2.24) is 10.2 Å². The molecule has 156 valence electrons. The maximum atomic E-state index is 13.3. The van der Waals surface area contributed by atoms with Crippen molar-refractivity contribution in [3.8, 4) is 11.5 Å². The van der Waals surface area contributed by atoms with Crippen LogP contribution in [0.25, 0.3) is 0 Å². The van der Waals surface area contributed by atoms with Gasteiger partial charge in [0.15, 0.2) is 0 Å². The van der Waals surface area contributed by atoms with Crippen LogP contribution in [0.3, 0.4) is 0 Å². The average molecular weight is 462 g/mol. The van der Waals surface area contributed by atoms with E-state index >= 15 is 0 Å². The van der Waals surface area contributed by atoms with E-state index in [1.54, 1.807) is 0 Å². The second-order valence-electron chi connectivity index (χ2n) is 5.79. The summed E-state index contributed by atoms with van der Waals surface area (Å²) < 4.78 is 58.4. The highest BCUT2D eigenvalue weighted by atomic mass is 35.5. The van der Waals surface area contributed by atoms with Gasteiger partial charge in [0.1, 0.15) is 17.3 Å². The lowest BCUT2D eigenvalue weighted by Gasteiger charge is -2.16. The maximum absolute atomic E-state index is 13.3. The number of nitrogens with zero attached hydrogens (tertiary/aromatic N) is 1. The molecule has 12 heteroatoms. The molecule has 3 rings (SSSR count). The summed E-state index contributed by atoms with van der Waals surface area (Å²) in [4.78, 5) is 23.9. The van der Waals surface area contributed by atoms with Crippen molar-refractivity contribution >= 4 is 34.8 Å². The van der Waals surface area contributed by atoms with Gasteiger partial charge in [-0.05, 0) is 30.3 Å². The van der Waals surface area contributed by atoms with E-state index in [4.69, 9.17) is 27.9 Å². The number of rotatable bonds is 4. The zero-order chi connectivity index (χ0) is 22.1. The lowest BCUT2D eigenvalue weighted by molar-refractivity contribution is -0.137. The number of nitrogens with one attached hydrogen (secondary N) is 2. The molecule has 0 aliphatic heterocycles. The number of anilines is 1. The molecule has 0 atom stereocenters. The van der Waals surface area contributed by atoms with Crippen LogP contribution < -0.4 is 15.6 Å². The Kier molecular flexibility index (Phi) is 5.99. The van der Waals surface area contributed by atoms with Crippen molar-refractivity contribution in [2.45, 2.75) is 6.18 Å². The van der Waals surface area contributed by atoms with Crippen LogP contribution in [0.4, 0.5) is 23.2 Å². The van der Waals surface area contributed by atoms with E-state index in [9.17, 15) is 27.2 Å². The molecule has 0 unspecified atom stereocenters. The number of H-pyrrole nitrogens is 1. The minimum Gasteiger partial charge on any atom is -0.455 e. The standard InChI is InChI=1S/C18H9Cl2F4N3O3/c19-12-5-10(17(29)26-9-4-16(28)27-25-7-9)15(6-11(12)18(22,23)24)30-14-2-1-8(21)3-13(14)20/h1-7H,(H2,26,27,28,29). The fraction of sp³-hybridized carbons (Fsp3) is 0.0556. The molecule has 1 amide bonds. The van der Waals surface area contributed by atoms with E-state index in [1.807, 2.05) is 0 Å². The number of aromatic amines is 1. The first-order valence-electron chi connectivity index (χ1n) is 7.94. The van der Waals surface area contributed by atoms with Crippen molar-refractivity contribution in [3.05, 3.63) is 79.9 Å². The van der Waals surface area contributed by atoms with Crippen molar-refractivity contribution in [2.24, 2.45) is 0 Å². The van der Waals surface area contributed by atoms with Crippen molar-refractivity contribution < 1.29 is 27.1 Å². The van der Waals surface area contributed by atoms with Crippen LogP contribution in [0.15, 0.2) is 47.4 Å². The lowest BCUT2D eigenvalue weighted by Crippen LogP contribution is -2.17.